The molecule has 164 valence electrons. The number of phenols is 1. The fourth-order valence-electron chi connectivity index (χ4n) is 3.05. The van der Waals surface area contributed by atoms with Crippen LogP contribution in [0.5, 0.6) is 5.75 Å². The van der Waals surface area contributed by atoms with Gasteiger partial charge in [-0.1, -0.05) is 29.8 Å². The lowest BCUT2D eigenvalue weighted by Crippen LogP contribution is -2.16. The SMILES string of the molecule is N#CC(c1ccc(Cl)cc1)c1ccc(NC(=O)c2cc(I)cc(I)c2O)cc1C(F)(F)F. The van der Waals surface area contributed by atoms with Gasteiger partial charge in [0.25, 0.3) is 5.91 Å². The number of carbonyl (C=O) groups excluding carboxylic acids is 1. The van der Waals surface area contributed by atoms with Crippen molar-refractivity contribution in [3.63, 3.8) is 0 Å². The molecule has 1 unspecified atom stereocenters. The summed E-state index contributed by atoms with van der Waals surface area (Å²) in [5.41, 5.74) is -1.11. The van der Waals surface area contributed by atoms with Crippen LogP contribution < -0.4 is 5.32 Å². The molecule has 4 nitrogen and oxygen atoms in total. The van der Waals surface area contributed by atoms with E-state index in [0.29, 0.717) is 17.7 Å². The van der Waals surface area contributed by atoms with Gasteiger partial charge in [0.15, 0.2) is 0 Å². The number of hydrogen-bond donors (Lipinski definition) is 2. The maximum absolute atomic E-state index is 13.9. The van der Waals surface area contributed by atoms with Crippen molar-refractivity contribution >= 4 is 68.4 Å². The maximum atomic E-state index is 13.9. The highest BCUT2D eigenvalue weighted by Gasteiger charge is 2.36. The van der Waals surface area contributed by atoms with Gasteiger partial charge in [-0.3, -0.25) is 4.79 Å². The molecule has 0 saturated carbocycles. The predicted molar refractivity (Wildman–Crippen MR) is 132 cm³/mol. The zero-order valence-corrected chi connectivity index (χ0v) is 20.9. The van der Waals surface area contributed by atoms with E-state index in [1.165, 1.54) is 42.5 Å². The Labute approximate surface area is 213 Å². The molecule has 10 heteroatoms. The fourth-order valence-corrected chi connectivity index (χ4v) is 5.02. The highest BCUT2D eigenvalue weighted by atomic mass is 127. The molecule has 0 heterocycles. The molecule has 0 radical (unpaired) electrons. The van der Waals surface area contributed by atoms with E-state index in [0.717, 1.165) is 6.07 Å². The van der Waals surface area contributed by atoms with E-state index < -0.39 is 23.6 Å². The Bertz CT molecular complexity index is 1230. The molecule has 3 rings (SSSR count). The van der Waals surface area contributed by atoms with Gasteiger partial charge in [-0.2, -0.15) is 18.4 Å². The number of rotatable bonds is 4. The second-order valence-electron chi connectivity index (χ2n) is 6.65. The Morgan fingerprint density at radius 3 is 2.34 bits per heavy atom. The van der Waals surface area contributed by atoms with E-state index in [2.05, 4.69) is 5.32 Å². The lowest BCUT2D eigenvalue weighted by Gasteiger charge is -2.19. The van der Waals surface area contributed by atoms with E-state index in [4.69, 9.17) is 11.6 Å². The zero-order valence-electron chi connectivity index (χ0n) is 15.8. The average molecular weight is 683 g/mol. The Morgan fingerprint density at radius 1 is 1.09 bits per heavy atom. The largest absolute Gasteiger partial charge is 0.506 e. The van der Waals surface area contributed by atoms with E-state index in [1.54, 1.807) is 6.07 Å². The molecule has 1 amide bonds. The summed E-state index contributed by atoms with van der Waals surface area (Å²) in [7, 11) is 0. The van der Waals surface area contributed by atoms with Crippen LogP contribution in [-0.2, 0) is 6.18 Å². The van der Waals surface area contributed by atoms with Crippen LogP contribution in [0.25, 0.3) is 0 Å². The molecule has 0 bridgehead atoms. The Balaban J connectivity index is 2.01. The number of aromatic hydroxyl groups is 1. The third kappa shape index (κ3) is 5.47. The van der Waals surface area contributed by atoms with Gasteiger partial charge in [0, 0.05) is 14.3 Å². The smallest absolute Gasteiger partial charge is 0.416 e. The summed E-state index contributed by atoms with van der Waals surface area (Å²) in [6.07, 6.45) is -4.77. The number of hydrogen-bond acceptors (Lipinski definition) is 3. The quantitative estimate of drug-likeness (QED) is 0.287. The number of carbonyl (C=O) groups is 1. The van der Waals surface area contributed by atoms with Crippen LogP contribution in [0.15, 0.2) is 54.6 Å². The molecule has 0 aliphatic rings. The van der Waals surface area contributed by atoms with Crippen molar-refractivity contribution in [2.24, 2.45) is 0 Å². The molecule has 1 atom stereocenters. The molecule has 2 N–H and O–H groups in total. The summed E-state index contributed by atoms with van der Waals surface area (Å²) in [4.78, 5) is 12.6. The predicted octanol–water partition coefficient (Wildman–Crippen LogP) is 7.18. The standard InChI is InChI=1S/C22H12ClF3I2N2O2/c23-12-3-1-11(2-4-12)17(10-29)15-6-5-14(9-18(15)22(24,25)26)30-21(32)16-7-13(27)8-19(28)20(16)31/h1-9,17,31H,(H,30,32). The minimum Gasteiger partial charge on any atom is -0.506 e. The van der Waals surface area contributed by atoms with Gasteiger partial charge < -0.3 is 10.4 Å². The monoisotopic (exact) mass is 682 g/mol. The van der Waals surface area contributed by atoms with Gasteiger partial charge in [-0.05, 0) is 92.7 Å². The van der Waals surface area contributed by atoms with Gasteiger partial charge in [0.1, 0.15) is 5.75 Å². The van der Waals surface area contributed by atoms with Crippen molar-refractivity contribution in [3.05, 3.63) is 89.0 Å². The van der Waals surface area contributed by atoms with Crippen molar-refractivity contribution in [3.8, 4) is 11.8 Å². The average Bonchev–Trinajstić information content (AvgIpc) is 2.72. The van der Waals surface area contributed by atoms with E-state index in [1.807, 2.05) is 51.3 Å². The van der Waals surface area contributed by atoms with Crippen LogP contribution in [0.2, 0.25) is 5.02 Å². The van der Waals surface area contributed by atoms with Gasteiger partial charge in [-0.25, -0.2) is 0 Å². The van der Waals surface area contributed by atoms with Crippen molar-refractivity contribution in [1.82, 2.24) is 0 Å². The molecule has 0 fully saturated rings. The molecule has 0 aliphatic carbocycles. The zero-order chi connectivity index (χ0) is 23.6. The molecule has 3 aromatic rings. The van der Waals surface area contributed by atoms with Crippen molar-refractivity contribution in [2.75, 3.05) is 5.32 Å². The number of nitrogens with zero attached hydrogens (tertiary/aromatic N) is 1. The minimum absolute atomic E-state index is 0.0602. The van der Waals surface area contributed by atoms with E-state index in [9.17, 15) is 28.3 Å². The molecular weight excluding hydrogens is 671 g/mol. The molecule has 0 spiro atoms. The molecule has 0 aliphatic heterocycles. The van der Waals surface area contributed by atoms with Crippen molar-refractivity contribution in [2.45, 2.75) is 12.1 Å². The molecular formula is C22H12ClF3I2N2O2. The van der Waals surface area contributed by atoms with Crippen LogP contribution in [-0.4, -0.2) is 11.0 Å². The Kier molecular flexibility index (Phi) is 7.57. The highest BCUT2D eigenvalue weighted by molar-refractivity contribution is 14.1. The summed E-state index contributed by atoms with van der Waals surface area (Å²) in [6, 6.07) is 14.2. The number of benzene rings is 3. The molecule has 0 aromatic heterocycles. The summed E-state index contributed by atoms with van der Waals surface area (Å²) in [5, 5.41) is 22.5. The van der Waals surface area contributed by atoms with Crippen molar-refractivity contribution < 1.29 is 23.1 Å². The van der Waals surface area contributed by atoms with E-state index in [-0.39, 0.29) is 22.6 Å². The second kappa shape index (κ2) is 9.84. The number of nitriles is 1. The molecule has 3 aromatic carbocycles. The van der Waals surface area contributed by atoms with Crippen LogP contribution in [0.1, 0.15) is 33.0 Å². The lowest BCUT2D eigenvalue weighted by atomic mass is 9.88. The minimum atomic E-state index is -4.77. The molecule has 0 saturated heterocycles. The number of halogens is 6. The Morgan fingerprint density at radius 2 is 1.75 bits per heavy atom. The summed E-state index contributed by atoms with van der Waals surface area (Å²) in [5.74, 6) is -2.20. The second-order valence-corrected chi connectivity index (χ2v) is 9.50. The third-order valence-electron chi connectivity index (χ3n) is 4.53. The van der Waals surface area contributed by atoms with Gasteiger partial charge >= 0.3 is 6.18 Å². The van der Waals surface area contributed by atoms with Crippen LogP contribution in [0.4, 0.5) is 18.9 Å². The number of alkyl halides is 3. The number of anilines is 1. The van der Waals surface area contributed by atoms with Crippen molar-refractivity contribution in [1.29, 1.82) is 5.26 Å². The summed E-state index contributed by atoms with van der Waals surface area (Å²) in [6.45, 7) is 0. The van der Waals surface area contributed by atoms with Gasteiger partial charge in [0.05, 0.1) is 26.7 Å². The third-order valence-corrected chi connectivity index (χ3v) is 6.23. The van der Waals surface area contributed by atoms with Gasteiger partial charge in [0.2, 0.25) is 0 Å². The first-order valence-electron chi connectivity index (χ1n) is 8.87. The number of phenolic OH excluding ortho intramolecular Hbond substituents is 1. The number of amides is 1. The Hall–Kier alpha value is -2.04. The maximum Gasteiger partial charge on any atom is 0.416 e. The molecule has 32 heavy (non-hydrogen) atoms. The van der Waals surface area contributed by atoms with Gasteiger partial charge in [-0.15, -0.1) is 0 Å². The first-order chi connectivity index (χ1) is 15.0. The van der Waals surface area contributed by atoms with E-state index >= 15 is 0 Å². The number of nitrogens with one attached hydrogen (secondary N) is 1. The lowest BCUT2D eigenvalue weighted by molar-refractivity contribution is -0.138. The van der Waals surface area contributed by atoms with Crippen LogP contribution in [0, 0.1) is 18.5 Å². The first kappa shape index (κ1) is 24.6. The summed E-state index contributed by atoms with van der Waals surface area (Å²) < 4.78 is 42.7. The normalized spacial score (nSPS) is 12.2. The highest BCUT2D eigenvalue weighted by Crippen LogP contribution is 2.39. The van der Waals surface area contributed by atoms with Crippen LogP contribution in [0.3, 0.4) is 0 Å². The topological polar surface area (TPSA) is 73.1 Å². The first-order valence-corrected chi connectivity index (χ1v) is 11.4. The fraction of sp³-hybridized carbons (Fsp3) is 0.0909. The van der Waals surface area contributed by atoms with Crippen LogP contribution >= 0.6 is 56.8 Å². The summed E-state index contributed by atoms with van der Waals surface area (Å²) >= 11 is 9.66.